The molecular weight excluding hydrogens is 374 g/mol. The van der Waals surface area contributed by atoms with Crippen LogP contribution in [0, 0.1) is 13.8 Å². The van der Waals surface area contributed by atoms with Gasteiger partial charge in [-0.2, -0.15) is 0 Å². The normalized spacial score (nSPS) is 10.5. The third-order valence-electron chi connectivity index (χ3n) is 4.24. The van der Waals surface area contributed by atoms with Gasteiger partial charge in [0.15, 0.2) is 0 Å². The smallest absolute Gasteiger partial charge is 0.143 e. The Morgan fingerprint density at radius 1 is 0.929 bits per heavy atom. The number of hydrogen-bond donors (Lipinski definition) is 2. The van der Waals surface area contributed by atoms with Gasteiger partial charge in [0, 0.05) is 42.6 Å². The number of aromatic nitrogens is 2. The van der Waals surface area contributed by atoms with Crippen molar-refractivity contribution in [2.24, 2.45) is 0 Å². The lowest BCUT2D eigenvalue weighted by molar-refractivity contribution is 0.416. The first-order chi connectivity index (χ1) is 13.4. The van der Waals surface area contributed by atoms with E-state index in [2.05, 4.69) is 37.6 Å². The molecule has 2 N–H and O–H groups in total. The summed E-state index contributed by atoms with van der Waals surface area (Å²) >= 11 is 6.19. The van der Waals surface area contributed by atoms with Crippen LogP contribution in [0.3, 0.4) is 0 Å². The Balaban J connectivity index is 1.85. The van der Waals surface area contributed by atoms with Crippen LogP contribution in [0.25, 0.3) is 0 Å². The van der Waals surface area contributed by atoms with Gasteiger partial charge in [0.25, 0.3) is 0 Å². The van der Waals surface area contributed by atoms with E-state index in [9.17, 15) is 0 Å². The summed E-state index contributed by atoms with van der Waals surface area (Å²) < 4.78 is 5.43. The first-order valence-electron chi connectivity index (χ1n) is 8.87. The molecule has 0 radical (unpaired) electrons. The van der Waals surface area contributed by atoms with Crippen molar-refractivity contribution in [2.45, 2.75) is 13.8 Å². The summed E-state index contributed by atoms with van der Waals surface area (Å²) in [5.41, 5.74) is 3.84. The zero-order valence-electron chi connectivity index (χ0n) is 16.7. The van der Waals surface area contributed by atoms with Crippen LogP contribution in [0.2, 0.25) is 5.02 Å². The lowest BCUT2D eigenvalue weighted by Gasteiger charge is -2.15. The molecule has 0 unspecified atom stereocenters. The molecule has 146 valence electrons. The average Bonchev–Trinajstić information content (AvgIpc) is 2.64. The van der Waals surface area contributed by atoms with Crippen LogP contribution in [0.15, 0.2) is 42.5 Å². The molecule has 0 spiro atoms. The molecule has 0 atom stereocenters. The van der Waals surface area contributed by atoms with Crippen LogP contribution in [0.1, 0.15) is 11.4 Å². The van der Waals surface area contributed by atoms with Crippen LogP contribution in [0.5, 0.6) is 5.75 Å². The molecule has 6 nitrogen and oxygen atoms in total. The molecule has 0 fully saturated rings. The monoisotopic (exact) mass is 397 g/mol. The summed E-state index contributed by atoms with van der Waals surface area (Å²) in [6.07, 6.45) is 0. The van der Waals surface area contributed by atoms with Crippen molar-refractivity contribution in [1.82, 2.24) is 9.97 Å². The quantitative estimate of drug-likeness (QED) is 0.587. The Labute approximate surface area is 170 Å². The SMILES string of the molecule is COc1cc(Cl)c(C)cc1Nc1cc(Nc2ccc(N(C)C)cc2)nc(C)n1. The molecule has 0 aliphatic carbocycles. The number of hydrogen-bond acceptors (Lipinski definition) is 6. The van der Waals surface area contributed by atoms with Crippen LogP contribution in [-0.2, 0) is 0 Å². The maximum absolute atomic E-state index is 6.19. The molecule has 28 heavy (non-hydrogen) atoms. The summed E-state index contributed by atoms with van der Waals surface area (Å²) in [5.74, 6) is 2.68. The number of aryl methyl sites for hydroxylation is 2. The van der Waals surface area contributed by atoms with Crippen molar-refractivity contribution >= 4 is 40.3 Å². The molecular formula is C21H24ClN5O. The van der Waals surface area contributed by atoms with Crippen LogP contribution in [0.4, 0.5) is 28.7 Å². The third kappa shape index (κ3) is 4.64. The Hall–Kier alpha value is -2.99. The topological polar surface area (TPSA) is 62.3 Å². The molecule has 0 aliphatic rings. The second kappa shape index (κ2) is 8.35. The first kappa shape index (κ1) is 19.8. The van der Waals surface area contributed by atoms with Crippen LogP contribution < -0.4 is 20.3 Å². The van der Waals surface area contributed by atoms with Gasteiger partial charge >= 0.3 is 0 Å². The summed E-state index contributed by atoms with van der Waals surface area (Å²) in [5, 5.41) is 7.28. The van der Waals surface area contributed by atoms with Gasteiger partial charge in [0.1, 0.15) is 23.2 Å². The van der Waals surface area contributed by atoms with Crippen molar-refractivity contribution in [2.75, 3.05) is 36.7 Å². The maximum Gasteiger partial charge on any atom is 0.143 e. The van der Waals surface area contributed by atoms with Crippen molar-refractivity contribution in [3.63, 3.8) is 0 Å². The predicted octanol–water partition coefficient (Wildman–Crippen LogP) is 5.31. The Kier molecular flexibility index (Phi) is 5.90. The van der Waals surface area contributed by atoms with Crippen molar-refractivity contribution in [3.8, 4) is 5.75 Å². The molecule has 7 heteroatoms. The van der Waals surface area contributed by atoms with E-state index < -0.39 is 0 Å². The number of anilines is 5. The number of benzene rings is 2. The maximum atomic E-state index is 6.19. The highest BCUT2D eigenvalue weighted by molar-refractivity contribution is 6.31. The minimum absolute atomic E-state index is 0.653. The van der Waals surface area contributed by atoms with Crippen molar-refractivity contribution in [1.29, 1.82) is 0 Å². The summed E-state index contributed by atoms with van der Waals surface area (Å²) in [6.45, 7) is 3.80. The van der Waals surface area contributed by atoms with E-state index in [-0.39, 0.29) is 0 Å². The van der Waals surface area contributed by atoms with E-state index in [1.807, 2.05) is 52.2 Å². The molecule has 3 aromatic rings. The molecule has 1 aromatic heterocycles. The highest BCUT2D eigenvalue weighted by Gasteiger charge is 2.10. The molecule has 0 amide bonds. The molecule has 3 rings (SSSR count). The van der Waals surface area contributed by atoms with Crippen molar-refractivity contribution < 1.29 is 4.74 Å². The number of rotatable bonds is 6. The molecule has 0 saturated heterocycles. The number of nitrogens with zero attached hydrogens (tertiary/aromatic N) is 3. The van der Waals surface area contributed by atoms with Gasteiger partial charge in [-0.15, -0.1) is 0 Å². The van der Waals surface area contributed by atoms with E-state index in [1.54, 1.807) is 13.2 Å². The molecule has 2 aromatic carbocycles. The van der Waals surface area contributed by atoms with E-state index in [1.165, 1.54) is 0 Å². The molecule has 1 heterocycles. The Bertz CT molecular complexity index is 973. The van der Waals surface area contributed by atoms with E-state index in [4.69, 9.17) is 16.3 Å². The van der Waals surface area contributed by atoms with Crippen molar-refractivity contribution in [3.05, 3.63) is 58.9 Å². The zero-order chi connectivity index (χ0) is 20.3. The number of methoxy groups -OCH3 is 1. The number of halogens is 1. The largest absolute Gasteiger partial charge is 0.495 e. The highest BCUT2D eigenvalue weighted by atomic mass is 35.5. The lowest BCUT2D eigenvalue weighted by Crippen LogP contribution is -2.08. The molecule has 0 saturated carbocycles. The molecule has 0 aliphatic heterocycles. The highest BCUT2D eigenvalue weighted by Crippen LogP contribution is 2.33. The van der Waals surface area contributed by atoms with Gasteiger partial charge in [-0.1, -0.05) is 11.6 Å². The summed E-state index contributed by atoms with van der Waals surface area (Å²) in [6, 6.07) is 13.7. The fourth-order valence-corrected chi connectivity index (χ4v) is 2.91. The first-order valence-corrected chi connectivity index (χ1v) is 9.25. The Morgan fingerprint density at radius 3 is 2.18 bits per heavy atom. The molecule has 0 bridgehead atoms. The van der Waals surface area contributed by atoms with E-state index in [0.29, 0.717) is 28.2 Å². The van der Waals surface area contributed by atoms with E-state index in [0.717, 1.165) is 22.6 Å². The number of nitrogens with one attached hydrogen (secondary N) is 2. The minimum atomic E-state index is 0.653. The summed E-state index contributed by atoms with van der Waals surface area (Å²) in [7, 11) is 5.64. The number of ether oxygens (including phenoxy) is 1. The van der Waals surface area contributed by atoms with E-state index >= 15 is 0 Å². The van der Waals surface area contributed by atoms with Gasteiger partial charge in [-0.25, -0.2) is 9.97 Å². The van der Waals surface area contributed by atoms with Crippen LogP contribution >= 0.6 is 11.6 Å². The zero-order valence-corrected chi connectivity index (χ0v) is 17.4. The predicted molar refractivity (Wildman–Crippen MR) is 117 cm³/mol. The van der Waals surface area contributed by atoms with Gasteiger partial charge in [0.2, 0.25) is 0 Å². The van der Waals surface area contributed by atoms with Gasteiger partial charge in [0.05, 0.1) is 12.8 Å². The Morgan fingerprint density at radius 2 is 1.57 bits per heavy atom. The summed E-state index contributed by atoms with van der Waals surface area (Å²) in [4.78, 5) is 11.0. The fourth-order valence-electron chi connectivity index (χ4n) is 2.75. The second-order valence-corrected chi connectivity index (χ2v) is 7.09. The average molecular weight is 398 g/mol. The fraction of sp³-hybridized carbons (Fsp3) is 0.238. The van der Waals surface area contributed by atoms with Gasteiger partial charge in [-0.3, -0.25) is 0 Å². The van der Waals surface area contributed by atoms with Gasteiger partial charge < -0.3 is 20.3 Å². The standard InChI is InChI=1S/C21H24ClN5O/c1-13-10-18(19(28-5)11-17(13)22)26-21-12-20(23-14(2)24-21)25-15-6-8-16(9-7-15)27(3)4/h6-12H,1-5H3,(H2,23,24,25,26). The minimum Gasteiger partial charge on any atom is -0.495 e. The second-order valence-electron chi connectivity index (χ2n) is 6.68. The van der Waals surface area contributed by atoms with Gasteiger partial charge in [-0.05, 0) is 49.7 Å². The third-order valence-corrected chi connectivity index (χ3v) is 4.64. The lowest BCUT2D eigenvalue weighted by atomic mass is 10.2. The van der Waals surface area contributed by atoms with Crippen LogP contribution in [-0.4, -0.2) is 31.2 Å².